The number of ether oxygens (including phenoxy) is 2. The van der Waals surface area contributed by atoms with Gasteiger partial charge < -0.3 is 14.8 Å². The van der Waals surface area contributed by atoms with E-state index in [1.165, 1.54) is 0 Å². The van der Waals surface area contributed by atoms with E-state index in [4.69, 9.17) is 9.47 Å². The van der Waals surface area contributed by atoms with Crippen LogP contribution < -0.4 is 10.1 Å². The number of methoxy groups -OCH3 is 1. The zero-order valence-corrected chi connectivity index (χ0v) is 9.77. The van der Waals surface area contributed by atoms with Crippen LogP contribution in [0.2, 0.25) is 0 Å². The highest BCUT2D eigenvalue weighted by atomic mass is 16.5. The molecule has 16 heavy (non-hydrogen) atoms. The fourth-order valence-corrected chi connectivity index (χ4v) is 1.91. The first-order valence-corrected chi connectivity index (χ1v) is 5.64. The maximum Gasteiger partial charge on any atom is 0.213 e. The molecule has 4 heteroatoms. The van der Waals surface area contributed by atoms with Crippen LogP contribution in [0.3, 0.4) is 0 Å². The fourth-order valence-electron chi connectivity index (χ4n) is 1.91. The molecule has 4 nitrogen and oxygen atoms in total. The number of nitrogens with one attached hydrogen (secondary N) is 1. The lowest BCUT2D eigenvalue weighted by Gasteiger charge is -2.20. The van der Waals surface area contributed by atoms with Crippen molar-refractivity contribution in [3.05, 3.63) is 18.3 Å². The molecule has 1 aliphatic heterocycles. The van der Waals surface area contributed by atoms with Crippen molar-refractivity contribution in [1.29, 1.82) is 0 Å². The summed E-state index contributed by atoms with van der Waals surface area (Å²) in [7, 11) is 1.62. The Morgan fingerprint density at radius 2 is 2.44 bits per heavy atom. The van der Waals surface area contributed by atoms with Gasteiger partial charge in [0, 0.05) is 24.6 Å². The van der Waals surface area contributed by atoms with E-state index in [1.807, 2.05) is 12.1 Å². The molecule has 0 amide bonds. The van der Waals surface area contributed by atoms with Gasteiger partial charge in [0.1, 0.15) is 0 Å². The second-order valence-corrected chi connectivity index (χ2v) is 4.15. The second kappa shape index (κ2) is 5.16. The molecule has 1 N–H and O–H groups in total. The molecule has 88 valence electrons. The Morgan fingerprint density at radius 1 is 1.56 bits per heavy atom. The normalized spacial score (nSPS) is 21.8. The molecule has 0 unspecified atom stereocenters. The molecule has 1 aromatic heterocycles. The second-order valence-electron chi connectivity index (χ2n) is 4.15. The van der Waals surface area contributed by atoms with Crippen LogP contribution in [-0.4, -0.2) is 31.3 Å². The van der Waals surface area contributed by atoms with Gasteiger partial charge in [0.15, 0.2) is 0 Å². The van der Waals surface area contributed by atoms with Gasteiger partial charge >= 0.3 is 0 Å². The van der Waals surface area contributed by atoms with Crippen LogP contribution in [0, 0.1) is 5.92 Å². The summed E-state index contributed by atoms with van der Waals surface area (Å²) in [6, 6.07) is 4.26. The van der Waals surface area contributed by atoms with Crippen LogP contribution in [0.25, 0.3) is 0 Å². The number of anilines is 1. The number of hydrogen-bond donors (Lipinski definition) is 1. The number of pyridine rings is 1. The van der Waals surface area contributed by atoms with Gasteiger partial charge in [0.05, 0.1) is 25.6 Å². The summed E-state index contributed by atoms with van der Waals surface area (Å²) in [5.74, 6) is 1.24. The summed E-state index contributed by atoms with van der Waals surface area (Å²) >= 11 is 0. The predicted molar refractivity (Wildman–Crippen MR) is 62.8 cm³/mol. The van der Waals surface area contributed by atoms with Crippen LogP contribution >= 0.6 is 0 Å². The monoisotopic (exact) mass is 222 g/mol. The van der Waals surface area contributed by atoms with Crippen molar-refractivity contribution >= 4 is 5.69 Å². The Balaban J connectivity index is 1.92. The van der Waals surface area contributed by atoms with E-state index in [9.17, 15) is 0 Å². The molecule has 0 aromatic carbocycles. The van der Waals surface area contributed by atoms with Crippen molar-refractivity contribution < 1.29 is 9.47 Å². The molecule has 0 spiro atoms. The lowest BCUT2D eigenvalue weighted by Crippen LogP contribution is -2.26. The van der Waals surface area contributed by atoms with Gasteiger partial charge in [-0.15, -0.1) is 0 Å². The lowest BCUT2D eigenvalue weighted by atomic mass is 10.0. The average Bonchev–Trinajstić information content (AvgIpc) is 2.83. The number of nitrogens with zero attached hydrogens (tertiary/aromatic N) is 1. The highest BCUT2D eigenvalue weighted by Gasteiger charge is 2.21. The third kappa shape index (κ3) is 2.64. The van der Waals surface area contributed by atoms with E-state index in [0.29, 0.717) is 17.8 Å². The smallest absolute Gasteiger partial charge is 0.213 e. The van der Waals surface area contributed by atoms with Gasteiger partial charge in [-0.2, -0.15) is 0 Å². The highest BCUT2D eigenvalue weighted by molar-refractivity contribution is 5.42. The zero-order chi connectivity index (χ0) is 11.4. The molecule has 2 heterocycles. The molecule has 2 atom stereocenters. The third-order valence-corrected chi connectivity index (χ3v) is 3.01. The van der Waals surface area contributed by atoms with Gasteiger partial charge in [-0.1, -0.05) is 0 Å². The van der Waals surface area contributed by atoms with E-state index >= 15 is 0 Å². The minimum absolute atomic E-state index is 0.415. The van der Waals surface area contributed by atoms with Crippen LogP contribution in [0.5, 0.6) is 5.88 Å². The van der Waals surface area contributed by atoms with Crippen molar-refractivity contribution in [3.8, 4) is 5.88 Å². The minimum Gasteiger partial charge on any atom is -0.481 e. The zero-order valence-electron chi connectivity index (χ0n) is 9.77. The third-order valence-electron chi connectivity index (χ3n) is 3.01. The first-order chi connectivity index (χ1) is 7.79. The molecule has 0 radical (unpaired) electrons. The fraction of sp³-hybridized carbons (Fsp3) is 0.583. The van der Waals surface area contributed by atoms with Gasteiger partial charge in [-0.05, 0) is 19.4 Å². The van der Waals surface area contributed by atoms with Crippen LogP contribution in [0.4, 0.5) is 5.69 Å². The van der Waals surface area contributed by atoms with Crippen molar-refractivity contribution in [1.82, 2.24) is 4.98 Å². The minimum atomic E-state index is 0.415. The van der Waals surface area contributed by atoms with Gasteiger partial charge in [-0.25, -0.2) is 4.98 Å². The highest BCUT2D eigenvalue weighted by Crippen LogP contribution is 2.20. The standard InChI is InChI=1S/C12H18N2O2/c1-9(10-5-6-16-8-10)14-11-3-4-12(15-2)13-7-11/h3-4,7,9-10,14H,5-6,8H2,1-2H3/t9-,10-/m1/s1. The molecule has 1 aliphatic rings. The van der Waals surface area contributed by atoms with E-state index in [1.54, 1.807) is 13.3 Å². The Morgan fingerprint density at radius 3 is 3.00 bits per heavy atom. The predicted octanol–water partition coefficient (Wildman–Crippen LogP) is 1.93. The van der Waals surface area contributed by atoms with Crippen molar-refractivity contribution in [2.45, 2.75) is 19.4 Å². The van der Waals surface area contributed by atoms with E-state index in [-0.39, 0.29) is 0 Å². The Bertz CT molecular complexity index is 320. The molecule has 1 saturated heterocycles. The summed E-state index contributed by atoms with van der Waals surface area (Å²) in [6.45, 7) is 3.93. The first kappa shape index (κ1) is 11.2. The summed E-state index contributed by atoms with van der Waals surface area (Å²) < 4.78 is 10.4. The van der Waals surface area contributed by atoms with Crippen LogP contribution in [-0.2, 0) is 4.74 Å². The SMILES string of the molecule is COc1ccc(N[C@H](C)[C@@H]2CCOC2)cn1. The quantitative estimate of drug-likeness (QED) is 0.845. The molecule has 0 saturated carbocycles. The van der Waals surface area contributed by atoms with E-state index in [2.05, 4.69) is 17.2 Å². The van der Waals surface area contributed by atoms with Crippen molar-refractivity contribution in [2.24, 2.45) is 5.92 Å². The lowest BCUT2D eigenvalue weighted by molar-refractivity contribution is 0.183. The molecular weight excluding hydrogens is 204 g/mol. The van der Waals surface area contributed by atoms with E-state index in [0.717, 1.165) is 25.3 Å². The first-order valence-electron chi connectivity index (χ1n) is 5.64. The Labute approximate surface area is 96.0 Å². The molecule has 1 aromatic rings. The van der Waals surface area contributed by atoms with Crippen LogP contribution in [0.15, 0.2) is 18.3 Å². The Kier molecular flexibility index (Phi) is 3.62. The van der Waals surface area contributed by atoms with Gasteiger partial charge in [0.2, 0.25) is 5.88 Å². The number of aromatic nitrogens is 1. The van der Waals surface area contributed by atoms with Crippen LogP contribution in [0.1, 0.15) is 13.3 Å². The van der Waals surface area contributed by atoms with Crippen molar-refractivity contribution in [3.63, 3.8) is 0 Å². The van der Waals surface area contributed by atoms with Gasteiger partial charge in [-0.3, -0.25) is 0 Å². The molecule has 0 aliphatic carbocycles. The van der Waals surface area contributed by atoms with Crippen molar-refractivity contribution in [2.75, 3.05) is 25.6 Å². The topological polar surface area (TPSA) is 43.4 Å². The molecule has 1 fully saturated rings. The summed E-state index contributed by atoms with van der Waals surface area (Å²) in [5, 5.41) is 3.44. The van der Waals surface area contributed by atoms with E-state index < -0.39 is 0 Å². The summed E-state index contributed by atoms with van der Waals surface area (Å²) in [6.07, 6.45) is 2.93. The summed E-state index contributed by atoms with van der Waals surface area (Å²) in [4.78, 5) is 4.16. The Hall–Kier alpha value is -1.29. The maximum atomic E-state index is 5.38. The summed E-state index contributed by atoms with van der Waals surface area (Å²) in [5.41, 5.74) is 1.03. The largest absolute Gasteiger partial charge is 0.481 e. The number of hydrogen-bond acceptors (Lipinski definition) is 4. The molecule has 2 rings (SSSR count). The molecule has 0 bridgehead atoms. The number of rotatable bonds is 4. The molecular formula is C12H18N2O2. The van der Waals surface area contributed by atoms with Gasteiger partial charge in [0.25, 0.3) is 0 Å². The maximum absolute atomic E-state index is 5.38. The average molecular weight is 222 g/mol.